The second kappa shape index (κ2) is 8.84. The molecule has 0 unspecified atom stereocenters. The molecular formula is C22H21N3O3S. The number of rotatable bonds is 6. The van der Waals surface area contributed by atoms with Crippen LogP contribution < -0.4 is 14.8 Å². The molecule has 1 N–H and O–H groups in total. The Labute approximate surface area is 173 Å². The van der Waals surface area contributed by atoms with Crippen LogP contribution in [-0.4, -0.2) is 30.9 Å². The number of benzene rings is 2. The average molecular weight is 407 g/mol. The SMILES string of the molecule is COc1ccc(NC(=O)CSc2nc3c(C)c(C)ccc3cc2C#N)c(OC)c1. The van der Waals surface area contributed by atoms with Crippen molar-refractivity contribution in [2.75, 3.05) is 25.3 Å². The number of thioether (sulfide) groups is 1. The minimum Gasteiger partial charge on any atom is -0.497 e. The van der Waals surface area contributed by atoms with E-state index in [2.05, 4.69) is 16.4 Å². The lowest BCUT2D eigenvalue weighted by atomic mass is 10.0. The Bertz CT molecular complexity index is 1120. The average Bonchev–Trinajstić information content (AvgIpc) is 2.74. The molecule has 1 heterocycles. The zero-order valence-corrected chi connectivity index (χ0v) is 17.5. The van der Waals surface area contributed by atoms with E-state index in [0.29, 0.717) is 27.8 Å². The van der Waals surface area contributed by atoms with Gasteiger partial charge in [-0.3, -0.25) is 4.79 Å². The fourth-order valence-corrected chi connectivity index (χ4v) is 3.63. The molecule has 0 atom stereocenters. The van der Waals surface area contributed by atoms with Gasteiger partial charge in [-0.1, -0.05) is 23.9 Å². The van der Waals surface area contributed by atoms with Gasteiger partial charge in [-0.25, -0.2) is 4.98 Å². The van der Waals surface area contributed by atoms with E-state index in [1.807, 2.05) is 32.0 Å². The lowest BCUT2D eigenvalue weighted by molar-refractivity contribution is -0.113. The van der Waals surface area contributed by atoms with E-state index in [-0.39, 0.29) is 11.7 Å². The summed E-state index contributed by atoms with van der Waals surface area (Å²) in [6.07, 6.45) is 0. The predicted molar refractivity (Wildman–Crippen MR) is 115 cm³/mol. The number of hydrogen-bond donors (Lipinski definition) is 1. The van der Waals surface area contributed by atoms with Gasteiger partial charge in [0.15, 0.2) is 0 Å². The van der Waals surface area contributed by atoms with E-state index in [4.69, 9.17) is 9.47 Å². The first-order valence-electron chi connectivity index (χ1n) is 8.92. The van der Waals surface area contributed by atoms with Crippen molar-refractivity contribution < 1.29 is 14.3 Å². The van der Waals surface area contributed by atoms with E-state index in [1.54, 1.807) is 25.3 Å². The highest BCUT2D eigenvalue weighted by Crippen LogP contribution is 2.30. The first kappa shape index (κ1) is 20.5. The molecule has 148 valence electrons. The Morgan fingerprint density at radius 3 is 2.66 bits per heavy atom. The van der Waals surface area contributed by atoms with Crippen molar-refractivity contribution in [1.82, 2.24) is 4.98 Å². The third kappa shape index (κ3) is 4.44. The molecule has 0 aliphatic rings. The summed E-state index contributed by atoms with van der Waals surface area (Å²) < 4.78 is 10.5. The van der Waals surface area contributed by atoms with Crippen LogP contribution in [0.3, 0.4) is 0 Å². The fraction of sp³-hybridized carbons (Fsp3) is 0.227. The standard InChI is InChI=1S/C22H21N3O3S/c1-13-5-6-15-9-16(11-23)22(25-21(15)14(13)2)29-12-20(26)24-18-8-7-17(27-3)10-19(18)28-4/h5-10H,12H2,1-4H3,(H,24,26). The lowest BCUT2D eigenvalue weighted by Gasteiger charge is -2.12. The van der Waals surface area contributed by atoms with Crippen molar-refractivity contribution in [2.24, 2.45) is 0 Å². The van der Waals surface area contributed by atoms with Gasteiger partial charge in [0.1, 0.15) is 22.6 Å². The monoisotopic (exact) mass is 407 g/mol. The molecule has 2 aromatic carbocycles. The number of nitrogens with one attached hydrogen (secondary N) is 1. The van der Waals surface area contributed by atoms with Crippen molar-refractivity contribution in [3.05, 3.63) is 53.1 Å². The lowest BCUT2D eigenvalue weighted by Crippen LogP contribution is -2.15. The molecule has 0 spiro atoms. The number of amides is 1. The number of ether oxygens (including phenoxy) is 2. The van der Waals surface area contributed by atoms with Crippen molar-refractivity contribution in [1.29, 1.82) is 5.26 Å². The van der Waals surface area contributed by atoms with Crippen molar-refractivity contribution in [3.63, 3.8) is 0 Å². The Balaban J connectivity index is 1.79. The summed E-state index contributed by atoms with van der Waals surface area (Å²) in [7, 11) is 3.10. The maximum atomic E-state index is 12.5. The van der Waals surface area contributed by atoms with Crippen LogP contribution in [0.25, 0.3) is 10.9 Å². The molecule has 0 saturated carbocycles. The molecular weight excluding hydrogens is 386 g/mol. The molecule has 7 heteroatoms. The maximum Gasteiger partial charge on any atom is 0.234 e. The quantitative estimate of drug-likeness (QED) is 0.607. The number of carbonyl (C=O) groups is 1. The molecule has 0 aliphatic carbocycles. The Morgan fingerprint density at radius 2 is 1.97 bits per heavy atom. The highest BCUT2D eigenvalue weighted by Gasteiger charge is 2.14. The van der Waals surface area contributed by atoms with Crippen LogP contribution in [-0.2, 0) is 4.79 Å². The summed E-state index contributed by atoms with van der Waals surface area (Å²) in [5.74, 6) is 1.05. The zero-order valence-electron chi connectivity index (χ0n) is 16.7. The van der Waals surface area contributed by atoms with Crippen molar-refractivity contribution >= 4 is 34.3 Å². The molecule has 0 radical (unpaired) electrons. The van der Waals surface area contributed by atoms with E-state index in [1.165, 1.54) is 18.9 Å². The predicted octanol–water partition coefficient (Wildman–Crippen LogP) is 4.47. The number of aromatic nitrogens is 1. The minimum atomic E-state index is -0.217. The van der Waals surface area contributed by atoms with Gasteiger partial charge in [-0.2, -0.15) is 5.26 Å². The fourth-order valence-electron chi connectivity index (χ4n) is 2.88. The van der Waals surface area contributed by atoms with Gasteiger partial charge >= 0.3 is 0 Å². The Morgan fingerprint density at radius 1 is 1.17 bits per heavy atom. The summed E-state index contributed by atoms with van der Waals surface area (Å²) in [5.41, 5.74) is 4.07. The Hall–Kier alpha value is -3.24. The molecule has 29 heavy (non-hydrogen) atoms. The number of nitriles is 1. The summed E-state index contributed by atoms with van der Waals surface area (Å²) in [5, 5.41) is 13.8. The summed E-state index contributed by atoms with van der Waals surface area (Å²) in [6, 6.07) is 13.1. The number of aryl methyl sites for hydroxylation is 2. The van der Waals surface area contributed by atoms with Crippen molar-refractivity contribution in [2.45, 2.75) is 18.9 Å². The van der Waals surface area contributed by atoms with Crippen LogP contribution in [0.2, 0.25) is 0 Å². The second-order valence-corrected chi connectivity index (χ2v) is 7.40. The third-order valence-electron chi connectivity index (χ3n) is 4.62. The van der Waals surface area contributed by atoms with Gasteiger partial charge in [0.05, 0.1) is 36.7 Å². The van der Waals surface area contributed by atoms with Crippen LogP contribution in [0.1, 0.15) is 16.7 Å². The van der Waals surface area contributed by atoms with E-state index in [9.17, 15) is 10.1 Å². The summed E-state index contributed by atoms with van der Waals surface area (Å²) in [4.78, 5) is 17.1. The third-order valence-corrected chi connectivity index (χ3v) is 5.61. The van der Waals surface area contributed by atoms with Gasteiger partial charge < -0.3 is 14.8 Å². The van der Waals surface area contributed by atoms with Crippen LogP contribution in [0.4, 0.5) is 5.69 Å². The van der Waals surface area contributed by atoms with Gasteiger partial charge in [0.25, 0.3) is 0 Å². The maximum absolute atomic E-state index is 12.5. The molecule has 1 aromatic heterocycles. The van der Waals surface area contributed by atoms with Crippen LogP contribution >= 0.6 is 11.8 Å². The topological polar surface area (TPSA) is 84.2 Å². The number of methoxy groups -OCH3 is 2. The largest absolute Gasteiger partial charge is 0.497 e. The van der Waals surface area contributed by atoms with E-state index in [0.717, 1.165) is 22.0 Å². The molecule has 0 aliphatic heterocycles. The van der Waals surface area contributed by atoms with Crippen LogP contribution in [0, 0.1) is 25.2 Å². The van der Waals surface area contributed by atoms with Gasteiger partial charge in [-0.05, 0) is 43.2 Å². The molecule has 0 saturated heterocycles. The number of fused-ring (bicyclic) bond motifs is 1. The van der Waals surface area contributed by atoms with Crippen LogP contribution in [0.5, 0.6) is 11.5 Å². The minimum absolute atomic E-state index is 0.118. The normalized spacial score (nSPS) is 10.4. The van der Waals surface area contributed by atoms with Gasteiger partial charge in [0.2, 0.25) is 5.91 Å². The van der Waals surface area contributed by atoms with Gasteiger partial charge in [-0.15, -0.1) is 0 Å². The van der Waals surface area contributed by atoms with Crippen molar-refractivity contribution in [3.8, 4) is 17.6 Å². The molecule has 3 rings (SSSR count). The number of carbonyl (C=O) groups excluding carboxylic acids is 1. The second-order valence-electron chi connectivity index (χ2n) is 6.44. The number of pyridine rings is 1. The molecule has 6 nitrogen and oxygen atoms in total. The first-order chi connectivity index (χ1) is 14.0. The highest BCUT2D eigenvalue weighted by atomic mass is 32.2. The van der Waals surface area contributed by atoms with Crippen LogP contribution in [0.15, 0.2) is 41.4 Å². The summed E-state index contributed by atoms with van der Waals surface area (Å²) in [6.45, 7) is 4.03. The highest BCUT2D eigenvalue weighted by molar-refractivity contribution is 8.00. The van der Waals surface area contributed by atoms with E-state index >= 15 is 0 Å². The molecule has 0 fully saturated rings. The smallest absolute Gasteiger partial charge is 0.234 e. The molecule has 1 amide bonds. The van der Waals surface area contributed by atoms with Gasteiger partial charge in [0, 0.05) is 11.5 Å². The Kier molecular flexibility index (Phi) is 6.25. The summed E-state index contributed by atoms with van der Waals surface area (Å²) >= 11 is 1.24. The number of nitrogens with zero attached hydrogens (tertiary/aromatic N) is 2. The first-order valence-corrected chi connectivity index (χ1v) is 9.91. The molecule has 3 aromatic rings. The zero-order chi connectivity index (χ0) is 21.0. The molecule has 0 bridgehead atoms. The van der Waals surface area contributed by atoms with E-state index < -0.39 is 0 Å². The number of hydrogen-bond acceptors (Lipinski definition) is 6. The number of anilines is 1.